The predicted molar refractivity (Wildman–Crippen MR) is 131 cm³/mol. The molecule has 2 aromatic rings. The van der Waals surface area contributed by atoms with Crippen molar-refractivity contribution in [3.05, 3.63) is 70.7 Å². The Morgan fingerprint density at radius 3 is 2.18 bits per heavy atom. The number of sulfonamides is 1. The number of carbonyl (C=O) groups excluding carboxylic acids is 2. The monoisotopic (exact) mass is 493 g/mol. The highest BCUT2D eigenvalue weighted by atomic mass is 35.5. The van der Waals surface area contributed by atoms with Gasteiger partial charge >= 0.3 is 0 Å². The SMILES string of the molecule is CC(C)CCNC(=O)[C@H](c1ccccc1)N(Cc1ccc(Cl)cc1)C(=O)CN(C)S(C)(=O)=O. The van der Waals surface area contributed by atoms with Crippen LogP contribution < -0.4 is 5.32 Å². The minimum absolute atomic E-state index is 0.116. The molecule has 0 radical (unpaired) electrons. The van der Waals surface area contributed by atoms with Gasteiger partial charge in [-0.1, -0.05) is 67.9 Å². The second-order valence-electron chi connectivity index (χ2n) is 8.45. The van der Waals surface area contributed by atoms with Gasteiger partial charge in [0.25, 0.3) is 0 Å². The molecule has 180 valence electrons. The van der Waals surface area contributed by atoms with Gasteiger partial charge in [-0.15, -0.1) is 0 Å². The third-order valence-corrected chi connectivity index (χ3v) is 6.72. The minimum atomic E-state index is -3.58. The maximum atomic E-state index is 13.4. The van der Waals surface area contributed by atoms with Crippen LogP contribution in [0, 0.1) is 5.92 Å². The highest BCUT2D eigenvalue weighted by Crippen LogP contribution is 2.25. The Hall–Kier alpha value is -2.42. The molecule has 0 fully saturated rings. The van der Waals surface area contributed by atoms with Crippen molar-refractivity contribution in [3.63, 3.8) is 0 Å². The van der Waals surface area contributed by atoms with Crippen molar-refractivity contribution in [1.29, 1.82) is 0 Å². The number of rotatable bonds is 11. The number of hydrogen-bond donors (Lipinski definition) is 1. The molecule has 2 aromatic carbocycles. The quantitative estimate of drug-likeness (QED) is 0.519. The van der Waals surface area contributed by atoms with E-state index in [1.807, 2.05) is 6.07 Å². The van der Waals surface area contributed by atoms with E-state index in [-0.39, 0.29) is 19.0 Å². The molecular weight excluding hydrogens is 462 g/mol. The van der Waals surface area contributed by atoms with E-state index in [4.69, 9.17) is 11.6 Å². The molecule has 0 spiro atoms. The average molecular weight is 494 g/mol. The zero-order valence-corrected chi connectivity index (χ0v) is 21.1. The van der Waals surface area contributed by atoms with E-state index in [0.29, 0.717) is 23.0 Å². The van der Waals surface area contributed by atoms with E-state index >= 15 is 0 Å². The van der Waals surface area contributed by atoms with Gasteiger partial charge in [-0.3, -0.25) is 9.59 Å². The van der Waals surface area contributed by atoms with Crippen LogP contribution in [0.1, 0.15) is 37.4 Å². The van der Waals surface area contributed by atoms with Crippen LogP contribution in [0.2, 0.25) is 5.02 Å². The van der Waals surface area contributed by atoms with E-state index in [0.717, 1.165) is 22.5 Å². The molecule has 0 aliphatic heterocycles. The molecule has 2 amide bonds. The van der Waals surface area contributed by atoms with Crippen LogP contribution in [0.25, 0.3) is 0 Å². The molecule has 0 bridgehead atoms. The van der Waals surface area contributed by atoms with Crippen molar-refractivity contribution in [2.45, 2.75) is 32.9 Å². The van der Waals surface area contributed by atoms with E-state index in [2.05, 4.69) is 19.2 Å². The third kappa shape index (κ3) is 8.46. The minimum Gasteiger partial charge on any atom is -0.354 e. The van der Waals surface area contributed by atoms with E-state index in [9.17, 15) is 18.0 Å². The highest BCUT2D eigenvalue weighted by Gasteiger charge is 2.32. The fourth-order valence-electron chi connectivity index (χ4n) is 3.20. The summed E-state index contributed by atoms with van der Waals surface area (Å²) in [6, 6.07) is 15.1. The summed E-state index contributed by atoms with van der Waals surface area (Å²) >= 11 is 6.00. The summed E-state index contributed by atoms with van der Waals surface area (Å²) in [4.78, 5) is 28.1. The largest absolute Gasteiger partial charge is 0.354 e. The van der Waals surface area contributed by atoms with E-state index < -0.39 is 22.0 Å². The molecule has 1 N–H and O–H groups in total. The summed E-state index contributed by atoms with van der Waals surface area (Å²) in [6.45, 7) is 4.35. The number of nitrogens with one attached hydrogen (secondary N) is 1. The summed E-state index contributed by atoms with van der Waals surface area (Å²) in [7, 11) is -2.24. The Bertz CT molecular complexity index is 1030. The fourth-order valence-corrected chi connectivity index (χ4v) is 3.67. The Labute approximate surface area is 201 Å². The lowest BCUT2D eigenvalue weighted by molar-refractivity contribution is -0.141. The molecule has 2 rings (SSSR count). The van der Waals surface area contributed by atoms with Gasteiger partial charge in [-0.2, -0.15) is 4.31 Å². The number of halogens is 1. The van der Waals surface area contributed by atoms with Crippen LogP contribution in [0.3, 0.4) is 0 Å². The molecule has 0 aliphatic carbocycles. The van der Waals surface area contributed by atoms with Crippen LogP contribution in [0.4, 0.5) is 0 Å². The normalized spacial score (nSPS) is 12.6. The van der Waals surface area contributed by atoms with Gasteiger partial charge in [0.15, 0.2) is 0 Å². The summed E-state index contributed by atoms with van der Waals surface area (Å²) in [6.07, 6.45) is 1.84. The Balaban J connectivity index is 2.44. The number of carbonyl (C=O) groups is 2. The highest BCUT2D eigenvalue weighted by molar-refractivity contribution is 7.88. The molecule has 0 saturated heterocycles. The van der Waals surface area contributed by atoms with Gasteiger partial charge in [0.1, 0.15) is 6.04 Å². The average Bonchev–Trinajstić information content (AvgIpc) is 2.74. The summed E-state index contributed by atoms with van der Waals surface area (Å²) in [5.74, 6) is -0.382. The molecular formula is C24H32ClN3O4S. The zero-order valence-electron chi connectivity index (χ0n) is 19.5. The van der Waals surface area contributed by atoms with Gasteiger partial charge in [-0.05, 0) is 35.6 Å². The van der Waals surface area contributed by atoms with Crippen molar-refractivity contribution in [2.75, 3.05) is 26.4 Å². The van der Waals surface area contributed by atoms with Crippen LogP contribution in [0.5, 0.6) is 0 Å². The summed E-state index contributed by atoms with van der Waals surface area (Å²) < 4.78 is 24.8. The third-order valence-electron chi connectivity index (χ3n) is 5.21. The molecule has 33 heavy (non-hydrogen) atoms. The van der Waals surface area contributed by atoms with Crippen LogP contribution >= 0.6 is 11.6 Å². The van der Waals surface area contributed by atoms with Crippen molar-refractivity contribution in [2.24, 2.45) is 5.92 Å². The van der Waals surface area contributed by atoms with Crippen LogP contribution in [-0.2, 0) is 26.2 Å². The van der Waals surface area contributed by atoms with Gasteiger partial charge in [0.2, 0.25) is 21.8 Å². The first-order valence-electron chi connectivity index (χ1n) is 10.8. The Morgan fingerprint density at radius 1 is 1.03 bits per heavy atom. The molecule has 0 aromatic heterocycles. The number of nitrogens with zero attached hydrogens (tertiary/aromatic N) is 2. The first-order valence-corrected chi connectivity index (χ1v) is 13.0. The second-order valence-corrected chi connectivity index (χ2v) is 11.0. The van der Waals surface area contributed by atoms with E-state index in [1.54, 1.807) is 48.5 Å². The van der Waals surface area contributed by atoms with Crippen LogP contribution in [-0.4, -0.2) is 55.8 Å². The molecule has 0 unspecified atom stereocenters. The Morgan fingerprint density at radius 2 is 1.64 bits per heavy atom. The maximum absolute atomic E-state index is 13.4. The zero-order chi connectivity index (χ0) is 24.6. The first-order chi connectivity index (χ1) is 15.5. The topological polar surface area (TPSA) is 86.8 Å². The van der Waals surface area contributed by atoms with Crippen molar-refractivity contribution >= 4 is 33.4 Å². The number of benzene rings is 2. The van der Waals surface area contributed by atoms with E-state index in [1.165, 1.54) is 11.9 Å². The number of hydrogen-bond acceptors (Lipinski definition) is 4. The lowest BCUT2D eigenvalue weighted by Gasteiger charge is -2.32. The Kier molecular flexibility index (Phi) is 9.88. The van der Waals surface area contributed by atoms with Gasteiger partial charge in [-0.25, -0.2) is 8.42 Å². The summed E-state index contributed by atoms with van der Waals surface area (Å²) in [5.41, 5.74) is 1.41. The molecule has 9 heteroatoms. The van der Waals surface area contributed by atoms with Crippen molar-refractivity contribution < 1.29 is 18.0 Å². The van der Waals surface area contributed by atoms with Gasteiger partial charge in [0.05, 0.1) is 12.8 Å². The van der Waals surface area contributed by atoms with Crippen molar-refractivity contribution in [3.8, 4) is 0 Å². The lowest BCUT2D eigenvalue weighted by atomic mass is 10.0. The van der Waals surface area contributed by atoms with Gasteiger partial charge < -0.3 is 10.2 Å². The fraction of sp³-hybridized carbons (Fsp3) is 0.417. The molecule has 7 nitrogen and oxygen atoms in total. The molecule has 1 atom stereocenters. The summed E-state index contributed by atoms with van der Waals surface area (Å²) in [5, 5.41) is 3.50. The molecule has 0 aliphatic rings. The van der Waals surface area contributed by atoms with Crippen LogP contribution in [0.15, 0.2) is 54.6 Å². The van der Waals surface area contributed by atoms with Gasteiger partial charge in [0, 0.05) is 25.2 Å². The predicted octanol–water partition coefficient (Wildman–Crippen LogP) is 3.46. The first kappa shape index (κ1) is 26.8. The molecule has 0 heterocycles. The van der Waals surface area contributed by atoms with Crippen molar-refractivity contribution in [1.82, 2.24) is 14.5 Å². The number of amides is 2. The molecule has 0 saturated carbocycles. The maximum Gasteiger partial charge on any atom is 0.247 e. The standard InChI is InChI=1S/C24H32ClN3O4S/c1-18(2)14-15-26-24(30)23(20-8-6-5-7-9-20)28(16-19-10-12-21(25)13-11-19)22(29)17-27(3)33(4,31)32/h5-13,18,23H,14-17H2,1-4H3,(H,26,30)/t23-/m0/s1. The second kappa shape index (κ2) is 12.2. The number of likely N-dealkylation sites (N-methyl/N-ethyl adjacent to an activating group) is 1. The lowest BCUT2D eigenvalue weighted by Crippen LogP contribution is -2.47. The smallest absolute Gasteiger partial charge is 0.247 e.